The van der Waals surface area contributed by atoms with E-state index in [1.54, 1.807) is 0 Å². The summed E-state index contributed by atoms with van der Waals surface area (Å²) in [6.07, 6.45) is 4.84. The van der Waals surface area contributed by atoms with Crippen LogP contribution in [0.15, 0.2) is 12.2 Å². The first kappa shape index (κ1) is 12.1. The van der Waals surface area contributed by atoms with Crippen molar-refractivity contribution in [2.45, 2.75) is 52.1 Å². The largest absolute Gasteiger partial charge is 0.450 e. The van der Waals surface area contributed by atoms with E-state index in [9.17, 15) is 4.79 Å². The van der Waals surface area contributed by atoms with Crippen molar-refractivity contribution in [3.05, 3.63) is 12.2 Å². The van der Waals surface area contributed by atoms with Crippen LogP contribution in [0.5, 0.6) is 0 Å². The molecule has 1 aliphatic heterocycles. The summed E-state index contributed by atoms with van der Waals surface area (Å²) >= 11 is 0. The molecule has 0 saturated carbocycles. The van der Waals surface area contributed by atoms with Crippen LogP contribution >= 0.6 is 0 Å². The molecule has 0 N–H and O–H groups in total. The van der Waals surface area contributed by atoms with Gasteiger partial charge in [-0.05, 0) is 41.0 Å². The Morgan fingerprint density at radius 3 is 2.47 bits per heavy atom. The summed E-state index contributed by atoms with van der Waals surface area (Å²) in [5.41, 5.74) is -0.446. The van der Waals surface area contributed by atoms with Crippen LogP contribution in [0, 0.1) is 0 Å². The summed E-state index contributed by atoms with van der Waals surface area (Å²) in [5, 5.41) is 0. The second-order valence-electron chi connectivity index (χ2n) is 5.11. The summed E-state index contributed by atoms with van der Waals surface area (Å²) in [6, 6.07) is 0. The smallest absolute Gasteiger partial charge is 0.410 e. The van der Waals surface area contributed by atoms with Crippen molar-refractivity contribution in [2.75, 3.05) is 6.61 Å². The van der Waals surface area contributed by atoms with E-state index in [0.717, 1.165) is 6.42 Å². The van der Waals surface area contributed by atoms with E-state index in [1.165, 1.54) is 0 Å². The summed E-state index contributed by atoms with van der Waals surface area (Å²) in [5.74, 6) is 0. The van der Waals surface area contributed by atoms with Crippen LogP contribution in [0.3, 0.4) is 0 Å². The number of amides is 1. The number of carbonyl (C=O) groups is 1. The molecule has 86 valence electrons. The standard InChI is InChI=1S/C12H21NO2/c1-6-15-10(14)13-11(2,3)8-7-9-12(13,4)5/h7-8H,6,9H2,1-5H3. The van der Waals surface area contributed by atoms with E-state index in [2.05, 4.69) is 26.0 Å². The first-order valence-corrected chi connectivity index (χ1v) is 5.46. The number of rotatable bonds is 1. The molecule has 0 fully saturated rings. The molecule has 0 unspecified atom stereocenters. The van der Waals surface area contributed by atoms with Gasteiger partial charge in [-0.25, -0.2) is 4.79 Å². The minimum atomic E-state index is -0.270. The van der Waals surface area contributed by atoms with Gasteiger partial charge in [-0.1, -0.05) is 12.2 Å². The van der Waals surface area contributed by atoms with E-state index >= 15 is 0 Å². The molecule has 0 saturated heterocycles. The molecule has 0 aromatic rings. The molecule has 0 radical (unpaired) electrons. The number of hydrogen-bond acceptors (Lipinski definition) is 2. The highest BCUT2D eigenvalue weighted by molar-refractivity contribution is 5.70. The second-order valence-corrected chi connectivity index (χ2v) is 5.11. The molecular formula is C12H21NO2. The molecular weight excluding hydrogens is 190 g/mol. The third kappa shape index (κ3) is 2.33. The first-order valence-electron chi connectivity index (χ1n) is 5.46. The van der Waals surface area contributed by atoms with Gasteiger partial charge >= 0.3 is 6.09 Å². The molecule has 1 rings (SSSR count). The lowest BCUT2D eigenvalue weighted by Gasteiger charge is -2.48. The minimum Gasteiger partial charge on any atom is -0.450 e. The Morgan fingerprint density at radius 2 is 2.00 bits per heavy atom. The van der Waals surface area contributed by atoms with Crippen LogP contribution in [0.4, 0.5) is 4.79 Å². The lowest BCUT2D eigenvalue weighted by atomic mass is 9.85. The predicted molar refractivity (Wildman–Crippen MR) is 60.8 cm³/mol. The minimum absolute atomic E-state index is 0.176. The third-order valence-corrected chi connectivity index (χ3v) is 2.78. The van der Waals surface area contributed by atoms with Gasteiger partial charge in [0.2, 0.25) is 0 Å². The number of ether oxygens (including phenoxy) is 1. The molecule has 15 heavy (non-hydrogen) atoms. The fourth-order valence-corrected chi connectivity index (χ4v) is 2.25. The Labute approximate surface area is 92.1 Å². The lowest BCUT2D eigenvalue weighted by molar-refractivity contribution is 0.0210. The van der Waals surface area contributed by atoms with E-state index in [0.29, 0.717) is 6.61 Å². The molecule has 0 atom stereocenters. The second kappa shape index (κ2) is 3.87. The van der Waals surface area contributed by atoms with E-state index < -0.39 is 0 Å². The van der Waals surface area contributed by atoms with Crippen LogP contribution in [0.2, 0.25) is 0 Å². The summed E-state index contributed by atoms with van der Waals surface area (Å²) in [6.45, 7) is 10.4. The highest BCUT2D eigenvalue weighted by Crippen LogP contribution is 2.34. The molecule has 0 aromatic carbocycles. The maximum Gasteiger partial charge on any atom is 0.410 e. The van der Waals surface area contributed by atoms with Gasteiger partial charge in [0, 0.05) is 5.54 Å². The maximum absolute atomic E-state index is 11.9. The topological polar surface area (TPSA) is 29.5 Å². The summed E-state index contributed by atoms with van der Waals surface area (Å²) in [4.78, 5) is 13.7. The van der Waals surface area contributed by atoms with Gasteiger partial charge in [-0.15, -0.1) is 0 Å². The van der Waals surface area contributed by atoms with E-state index in [4.69, 9.17) is 4.74 Å². The van der Waals surface area contributed by atoms with Crippen molar-refractivity contribution in [3.8, 4) is 0 Å². The quantitative estimate of drug-likeness (QED) is 0.624. The van der Waals surface area contributed by atoms with Crippen LogP contribution in [-0.4, -0.2) is 28.7 Å². The van der Waals surface area contributed by atoms with Crippen molar-refractivity contribution in [1.29, 1.82) is 0 Å². The highest BCUT2D eigenvalue weighted by atomic mass is 16.6. The van der Waals surface area contributed by atoms with Crippen molar-refractivity contribution in [3.63, 3.8) is 0 Å². The normalized spacial score (nSPS) is 22.6. The Bertz CT molecular complexity index is 279. The van der Waals surface area contributed by atoms with Gasteiger partial charge in [0.05, 0.1) is 12.1 Å². The zero-order chi connectivity index (χ0) is 11.7. The van der Waals surface area contributed by atoms with Gasteiger partial charge in [0.1, 0.15) is 0 Å². The number of hydrogen-bond donors (Lipinski definition) is 0. The number of nitrogens with zero attached hydrogens (tertiary/aromatic N) is 1. The highest BCUT2D eigenvalue weighted by Gasteiger charge is 2.42. The van der Waals surface area contributed by atoms with Crippen molar-refractivity contribution < 1.29 is 9.53 Å². The van der Waals surface area contributed by atoms with Gasteiger partial charge in [-0.2, -0.15) is 0 Å². The van der Waals surface area contributed by atoms with Crippen LogP contribution in [0.25, 0.3) is 0 Å². The molecule has 0 aromatic heterocycles. The van der Waals surface area contributed by atoms with Crippen LogP contribution in [0.1, 0.15) is 41.0 Å². The summed E-state index contributed by atoms with van der Waals surface area (Å²) in [7, 11) is 0. The van der Waals surface area contributed by atoms with Gasteiger partial charge < -0.3 is 4.74 Å². The zero-order valence-electron chi connectivity index (χ0n) is 10.3. The Hall–Kier alpha value is -0.990. The average molecular weight is 211 g/mol. The molecule has 0 aliphatic carbocycles. The lowest BCUT2D eigenvalue weighted by Crippen LogP contribution is -2.59. The molecule has 0 spiro atoms. The fraction of sp³-hybridized carbons (Fsp3) is 0.750. The van der Waals surface area contributed by atoms with Gasteiger partial charge in [-0.3, -0.25) is 4.90 Å². The monoisotopic (exact) mass is 211 g/mol. The molecule has 1 amide bonds. The summed E-state index contributed by atoms with van der Waals surface area (Å²) < 4.78 is 5.11. The Balaban J connectivity index is 2.99. The molecule has 0 bridgehead atoms. The van der Waals surface area contributed by atoms with E-state index in [1.807, 2.05) is 25.7 Å². The van der Waals surface area contributed by atoms with Crippen molar-refractivity contribution in [2.24, 2.45) is 0 Å². The van der Waals surface area contributed by atoms with E-state index in [-0.39, 0.29) is 17.2 Å². The Kier molecular flexibility index (Phi) is 3.12. The van der Waals surface area contributed by atoms with Crippen molar-refractivity contribution in [1.82, 2.24) is 4.90 Å². The SMILES string of the molecule is CCOC(=O)N1C(C)(C)C=CCC1(C)C. The molecule has 1 aliphatic rings. The molecule has 3 nitrogen and oxygen atoms in total. The molecule has 1 heterocycles. The van der Waals surface area contributed by atoms with Gasteiger partial charge in [0.15, 0.2) is 0 Å². The fourth-order valence-electron chi connectivity index (χ4n) is 2.25. The predicted octanol–water partition coefficient (Wildman–Crippen LogP) is 2.96. The average Bonchev–Trinajstić information content (AvgIpc) is 2.00. The van der Waals surface area contributed by atoms with Crippen molar-refractivity contribution >= 4 is 6.09 Å². The Morgan fingerprint density at radius 1 is 1.40 bits per heavy atom. The third-order valence-electron chi connectivity index (χ3n) is 2.78. The molecule has 3 heteroatoms. The van der Waals surface area contributed by atoms with Crippen LogP contribution < -0.4 is 0 Å². The number of carbonyl (C=O) groups excluding carboxylic acids is 1. The zero-order valence-corrected chi connectivity index (χ0v) is 10.3. The van der Waals surface area contributed by atoms with Crippen LogP contribution in [-0.2, 0) is 4.74 Å². The maximum atomic E-state index is 11.9. The van der Waals surface area contributed by atoms with Gasteiger partial charge in [0.25, 0.3) is 0 Å². The first-order chi connectivity index (χ1) is 6.81.